The molecular weight excluding hydrogens is 267 g/mol. The van der Waals surface area contributed by atoms with Crippen molar-refractivity contribution in [2.45, 2.75) is 25.8 Å². The van der Waals surface area contributed by atoms with Crippen molar-refractivity contribution in [1.82, 2.24) is 4.90 Å². The molecule has 2 atom stereocenters. The van der Waals surface area contributed by atoms with Crippen molar-refractivity contribution in [2.24, 2.45) is 11.7 Å². The molecule has 0 radical (unpaired) electrons. The van der Waals surface area contributed by atoms with Crippen LogP contribution in [0.5, 0.6) is 0 Å². The fourth-order valence-corrected chi connectivity index (χ4v) is 2.40. The average Bonchev–Trinajstić information content (AvgIpc) is 2.75. The zero-order chi connectivity index (χ0) is 13.1. The van der Waals surface area contributed by atoms with E-state index in [1.54, 1.807) is 6.07 Å². The van der Waals surface area contributed by atoms with Gasteiger partial charge in [-0.15, -0.1) is 12.4 Å². The molecule has 0 aromatic heterocycles. The van der Waals surface area contributed by atoms with Gasteiger partial charge in [0.25, 0.3) is 0 Å². The predicted octanol–water partition coefficient (Wildman–Crippen LogP) is 1.99. The van der Waals surface area contributed by atoms with Crippen LogP contribution >= 0.6 is 12.4 Å². The topological polar surface area (TPSA) is 46.3 Å². The predicted molar refractivity (Wildman–Crippen MR) is 75.7 cm³/mol. The van der Waals surface area contributed by atoms with Crippen LogP contribution in [0, 0.1) is 11.7 Å². The number of nitrogens with two attached hydrogens (primary N) is 1. The molecule has 19 heavy (non-hydrogen) atoms. The summed E-state index contributed by atoms with van der Waals surface area (Å²) in [7, 11) is 0. The van der Waals surface area contributed by atoms with Crippen molar-refractivity contribution in [2.75, 3.05) is 13.1 Å². The van der Waals surface area contributed by atoms with E-state index < -0.39 is 0 Å². The highest BCUT2D eigenvalue weighted by Crippen LogP contribution is 2.16. The first-order chi connectivity index (χ1) is 8.56. The lowest BCUT2D eigenvalue weighted by molar-refractivity contribution is -0.133. The first-order valence-corrected chi connectivity index (χ1v) is 6.35. The highest BCUT2D eigenvalue weighted by Gasteiger charge is 2.27. The normalized spacial score (nSPS) is 19.9. The van der Waals surface area contributed by atoms with E-state index in [0.29, 0.717) is 13.0 Å². The van der Waals surface area contributed by atoms with Crippen molar-refractivity contribution in [3.8, 4) is 0 Å². The Balaban J connectivity index is 0.00000180. The Kier molecular flexibility index (Phi) is 5.76. The molecule has 1 unspecified atom stereocenters. The summed E-state index contributed by atoms with van der Waals surface area (Å²) in [5, 5.41) is 0. The number of likely N-dealkylation sites (tertiary alicyclic amines) is 1. The number of halogens is 2. The highest BCUT2D eigenvalue weighted by molar-refractivity contribution is 5.85. The third kappa shape index (κ3) is 4.18. The molecule has 2 rings (SSSR count). The minimum atomic E-state index is -0.254. The van der Waals surface area contributed by atoms with Crippen molar-refractivity contribution in [3.05, 3.63) is 35.6 Å². The Labute approximate surface area is 119 Å². The van der Waals surface area contributed by atoms with Crippen molar-refractivity contribution in [1.29, 1.82) is 0 Å². The van der Waals surface area contributed by atoms with Crippen LogP contribution in [0.1, 0.15) is 18.9 Å². The summed E-state index contributed by atoms with van der Waals surface area (Å²) in [4.78, 5) is 14.0. The van der Waals surface area contributed by atoms with Crippen LogP contribution in [-0.2, 0) is 11.2 Å². The molecule has 1 saturated heterocycles. The molecule has 106 valence electrons. The third-order valence-corrected chi connectivity index (χ3v) is 3.39. The van der Waals surface area contributed by atoms with Crippen molar-refractivity contribution >= 4 is 18.3 Å². The second-order valence-electron chi connectivity index (χ2n) is 5.07. The van der Waals surface area contributed by atoms with Gasteiger partial charge < -0.3 is 10.6 Å². The lowest BCUT2D eigenvalue weighted by Crippen LogP contribution is -2.36. The molecule has 1 heterocycles. The largest absolute Gasteiger partial charge is 0.341 e. The number of carbonyl (C=O) groups excluding carboxylic acids is 1. The quantitative estimate of drug-likeness (QED) is 0.924. The van der Waals surface area contributed by atoms with E-state index in [2.05, 4.69) is 0 Å². The van der Waals surface area contributed by atoms with Crippen LogP contribution < -0.4 is 5.73 Å². The molecule has 1 fully saturated rings. The Morgan fingerprint density at radius 1 is 1.58 bits per heavy atom. The lowest BCUT2D eigenvalue weighted by atomic mass is 10.00. The maximum Gasteiger partial charge on any atom is 0.225 e. The molecule has 0 bridgehead atoms. The molecule has 1 aliphatic heterocycles. The molecule has 2 N–H and O–H groups in total. The lowest BCUT2D eigenvalue weighted by Gasteiger charge is -2.20. The van der Waals surface area contributed by atoms with Gasteiger partial charge in [-0.05, 0) is 30.5 Å². The van der Waals surface area contributed by atoms with Crippen molar-refractivity contribution < 1.29 is 9.18 Å². The zero-order valence-electron chi connectivity index (χ0n) is 11.0. The van der Waals surface area contributed by atoms with Crippen LogP contribution in [0.3, 0.4) is 0 Å². The third-order valence-electron chi connectivity index (χ3n) is 3.39. The van der Waals surface area contributed by atoms with Gasteiger partial charge in [-0.3, -0.25) is 4.79 Å². The van der Waals surface area contributed by atoms with E-state index >= 15 is 0 Å². The van der Waals surface area contributed by atoms with E-state index in [-0.39, 0.29) is 36.1 Å². The Bertz CT molecular complexity index is 441. The summed E-state index contributed by atoms with van der Waals surface area (Å²) in [6.07, 6.45) is 1.45. The number of benzene rings is 1. The molecular formula is C14H20ClFN2O. The van der Waals surface area contributed by atoms with Crippen LogP contribution in [-0.4, -0.2) is 29.9 Å². The molecule has 0 spiro atoms. The summed E-state index contributed by atoms with van der Waals surface area (Å²) in [5.74, 6) is -0.264. The first kappa shape index (κ1) is 15.9. The number of hydrogen-bond acceptors (Lipinski definition) is 2. The summed E-state index contributed by atoms with van der Waals surface area (Å²) in [6.45, 7) is 3.27. The molecule has 1 aromatic carbocycles. The number of nitrogens with zero attached hydrogens (tertiary/aromatic N) is 1. The van der Waals surface area contributed by atoms with Gasteiger partial charge >= 0.3 is 0 Å². The summed E-state index contributed by atoms with van der Waals surface area (Å²) in [5.41, 5.74) is 6.65. The van der Waals surface area contributed by atoms with Gasteiger partial charge in [0.2, 0.25) is 5.91 Å². The Morgan fingerprint density at radius 3 is 2.89 bits per heavy atom. The van der Waals surface area contributed by atoms with Gasteiger partial charge in [-0.2, -0.15) is 0 Å². The number of carbonyl (C=O) groups is 1. The minimum absolute atomic E-state index is 0. The summed E-state index contributed by atoms with van der Waals surface area (Å²) < 4.78 is 13.1. The molecule has 1 amide bonds. The van der Waals surface area contributed by atoms with Gasteiger partial charge in [0.05, 0.1) is 0 Å². The van der Waals surface area contributed by atoms with Gasteiger partial charge in [0.1, 0.15) is 5.82 Å². The molecule has 1 aliphatic rings. The number of amides is 1. The molecule has 0 saturated carbocycles. The van der Waals surface area contributed by atoms with E-state index in [1.807, 2.05) is 17.9 Å². The maximum atomic E-state index is 13.1. The monoisotopic (exact) mass is 286 g/mol. The second-order valence-corrected chi connectivity index (χ2v) is 5.07. The fourth-order valence-electron chi connectivity index (χ4n) is 2.40. The Hall–Kier alpha value is -1.13. The average molecular weight is 287 g/mol. The Morgan fingerprint density at radius 2 is 2.32 bits per heavy atom. The summed E-state index contributed by atoms with van der Waals surface area (Å²) >= 11 is 0. The smallest absolute Gasteiger partial charge is 0.225 e. The van der Waals surface area contributed by atoms with Gasteiger partial charge in [0, 0.05) is 25.0 Å². The van der Waals surface area contributed by atoms with Crippen LogP contribution in [0.25, 0.3) is 0 Å². The SMILES string of the molecule is CC(Cc1cccc(F)c1)C(=O)N1CC[C@@H](N)C1.Cl. The highest BCUT2D eigenvalue weighted by atomic mass is 35.5. The summed E-state index contributed by atoms with van der Waals surface area (Å²) in [6, 6.07) is 6.53. The molecule has 3 nitrogen and oxygen atoms in total. The molecule has 1 aromatic rings. The zero-order valence-corrected chi connectivity index (χ0v) is 11.8. The van der Waals surface area contributed by atoms with Gasteiger partial charge in [-0.25, -0.2) is 4.39 Å². The van der Waals surface area contributed by atoms with E-state index in [9.17, 15) is 9.18 Å². The fraction of sp³-hybridized carbons (Fsp3) is 0.500. The van der Waals surface area contributed by atoms with Crippen molar-refractivity contribution in [3.63, 3.8) is 0 Å². The van der Waals surface area contributed by atoms with Crippen LogP contribution in [0.4, 0.5) is 4.39 Å². The van der Waals surface area contributed by atoms with Gasteiger partial charge in [-0.1, -0.05) is 19.1 Å². The van der Waals surface area contributed by atoms with Crippen LogP contribution in [0.2, 0.25) is 0 Å². The van der Waals surface area contributed by atoms with Gasteiger partial charge in [0.15, 0.2) is 0 Å². The van der Waals surface area contributed by atoms with E-state index in [1.165, 1.54) is 12.1 Å². The number of hydrogen-bond donors (Lipinski definition) is 1. The molecule has 5 heteroatoms. The van der Waals surface area contributed by atoms with E-state index in [4.69, 9.17) is 5.73 Å². The minimum Gasteiger partial charge on any atom is -0.341 e. The van der Waals surface area contributed by atoms with E-state index in [0.717, 1.165) is 18.5 Å². The first-order valence-electron chi connectivity index (χ1n) is 6.35. The number of rotatable bonds is 3. The second kappa shape index (κ2) is 6.87. The molecule has 0 aliphatic carbocycles. The maximum absolute atomic E-state index is 13.1. The van der Waals surface area contributed by atoms with Crippen LogP contribution in [0.15, 0.2) is 24.3 Å². The standard InChI is InChI=1S/C14H19FN2O.ClH/c1-10(7-11-3-2-4-12(15)8-11)14(18)17-6-5-13(16)9-17;/h2-4,8,10,13H,5-7,9,16H2,1H3;1H/t10?,13-;/m1./s1.